The largest absolute Gasteiger partial charge is 0.345 e. The van der Waals surface area contributed by atoms with Crippen molar-refractivity contribution in [1.29, 1.82) is 0 Å². The molecule has 2 amide bonds. The summed E-state index contributed by atoms with van der Waals surface area (Å²) in [6, 6.07) is 16.4. The molecule has 0 bridgehead atoms. The first kappa shape index (κ1) is 28.5. The van der Waals surface area contributed by atoms with E-state index >= 15 is 0 Å². The Balaban J connectivity index is 1.35. The van der Waals surface area contributed by atoms with Crippen molar-refractivity contribution in [3.05, 3.63) is 81.7 Å². The van der Waals surface area contributed by atoms with Gasteiger partial charge in [0.2, 0.25) is 10.0 Å². The zero-order valence-electron chi connectivity index (χ0n) is 23.2. The Labute approximate surface area is 240 Å². The fourth-order valence-electron chi connectivity index (χ4n) is 5.44. The van der Waals surface area contributed by atoms with Crippen LogP contribution in [0.3, 0.4) is 0 Å². The number of hydrogen-bond donors (Lipinski definition) is 1. The van der Waals surface area contributed by atoms with E-state index in [1.165, 1.54) is 50.4 Å². The number of benzene rings is 2. The molecule has 0 radical (unpaired) electrons. The van der Waals surface area contributed by atoms with Gasteiger partial charge in [0.25, 0.3) is 11.8 Å². The van der Waals surface area contributed by atoms with Crippen molar-refractivity contribution in [2.75, 3.05) is 39.0 Å². The van der Waals surface area contributed by atoms with Crippen LogP contribution >= 0.6 is 11.3 Å². The molecule has 1 unspecified atom stereocenters. The van der Waals surface area contributed by atoms with Gasteiger partial charge in [-0.3, -0.25) is 14.5 Å². The molecule has 0 aliphatic carbocycles. The minimum atomic E-state index is -3.60. The highest BCUT2D eigenvalue weighted by Crippen LogP contribution is 2.38. The Hall–Kier alpha value is -3.05. The molecule has 1 N–H and O–H groups in total. The van der Waals surface area contributed by atoms with E-state index in [0.29, 0.717) is 41.7 Å². The Morgan fingerprint density at radius 3 is 2.45 bits per heavy atom. The summed E-state index contributed by atoms with van der Waals surface area (Å²) in [5.74, 6) is -0.181. The molecular formula is C30H36N4O4S2. The Bertz CT molecular complexity index is 1480. The Morgan fingerprint density at radius 1 is 1.05 bits per heavy atom. The fraction of sp³-hybridized carbons (Fsp3) is 0.400. The van der Waals surface area contributed by atoms with E-state index in [0.717, 1.165) is 42.8 Å². The molecule has 40 heavy (non-hydrogen) atoms. The number of fused-ring (bicyclic) bond motifs is 1. The van der Waals surface area contributed by atoms with Crippen LogP contribution in [0, 0.1) is 5.92 Å². The summed E-state index contributed by atoms with van der Waals surface area (Å²) in [6.07, 6.45) is 2.61. The second-order valence-corrected chi connectivity index (χ2v) is 14.0. The lowest BCUT2D eigenvalue weighted by atomic mass is 10.0. The lowest BCUT2D eigenvalue weighted by Gasteiger charge is -2.30. The standard InChI is InChI=1S/C30H36N4O4S2/c1-21-8-7-16-34(18-21)40(37,38)24-13-11-23(12-14-24)28(35)31-29-27(30(36)32(2)3)25-15-17-33(20-26(25)39-29)19-22-9-5-4-6-10-22/h4-6,9-14,21H,7-8,15-20H2,1-3H3,(H,31,35). The van der Waals surface area contributed by atoms with E-state index in [-0.39, 0.29) is 16.7 Å². The van der Waals surface area contributed by atoms with Crippen molar-refractivity contribution in [2.24, 2.45) is 5.92 Å². The second-order valence-electron chi connectivity index (χ2n) is 10.9. The van der Waals surface area contributed by atoms with Gasteiger partial charge in [-0.15, -0.1) is 11.3 Å². The molecule has 5 rings (SSSR count). The van der Waals surface area contributed by atoms with Gasteiger partial charge < -0.3 is 10.2 Å². The van der Waals surface area contributed by atoms with Gasteiger partial charge in [-0.25, -0.2) is 8.42 Å². The molecule has 1 aromatic heterocycles. The second kappa shape index (κ2) is 11.8. The SMILES string of the molecule is CC1CCCN(S(=O)(=O)c2ccc(C(=O)Nc3sc4c(c3C(=O)N(C)C)CCN(Cc3ccccc3)C4)cc2)C1. The summed E-state index contributed by atoms with van der Waals surface area (Å²) in [6.45, 7) is 5.45. The van der Waals surface area contributed by atoms with Crippen LogP contribution in [0.2, 0.25) is 0 Å². The highest BCUT2D eigenvalue weighted by Gasteiger charge is 2.31. The first-order valence-corrected chi connectivity index (χ1v) is 15.9. The third kappa shape index (κ3) is 6.00. The highest BCUT2D eigenvalue weighted by atomic mass is 32.2. The molecule has 0 saturated carbocycles. The number of nitrogens with zero attached hydrogens (tertiary/aromatic N) is 3. The van der Waals surface area contributed by atoms with Crippen molar-refractivity contribution >= 4 is 38.2 Å². The zero-order chi connectivity index (χ0) is 28.4. The molecular weight excluding hydrogens is 544 g/mol. The average molecular weight is 581 g/mol. The van der Waals surface area contributed by atoms with Crippen molar-refractivity contribution < 1.29 is 18.0 Å². The number of rotatable bonds is 7. The number of anilines is 1. The van der Waals surface area contributed by atoms with Crippen molar-refractivity contribution in [1.82, 2.24) is 14.1 Å². The van der Waals surface area contributed by atoms with Crippen LogP contribution in [-0.2, 0) is 29.5 Å². The number of piperidine rings is 1. The Morgan fingerprint density at radius 2 is 1.77 bits per heavy atom. The van der Waals surface area contributed by atoms with E-state index in [4.69, 9.17) is 0 Å². The lowest BCUT2D eigenvalue weighted by molar-refractivity contribution is 0.0827. The number of carbonyl (C=O) groups excluding carboxylic acids is 2. The molecule has 1 saturated heterocycles. The molecule has 8 nitrogen and oxygen atoms in total. The molecule has 2 aromatic carbocycles. The van der Waals surface area contributed by atoms with Crippen LogP contribution in [0.1, 0.15) is 56.5 Å². The topological polar surface area (TPSA) is 90.0 Å². The molecule has 3 heterocycles. The Kier molecular flexibility index (Phi) is 8.42. The normalized spacial score (nSPS) is 18.2. The molecule has 212 valence electrons. The quantitative estimate of drug-likeness (QED) is 0.438. The smallest absolute Gasteiger partial charge is 0.256 e. The maximum atomic E-state index is 13.3. The third-order valence-electron chi connectivity index (χ3n) is 7.61. The predicted octanol–water partition coefficient (Wildman–Crippen LogP) is 4.68. The number of carbonyl (C=O) groups is 2. The summed E-state index contributed by atoms with van der Waals surface area (Å²) < 4.78 is 27.8. The maximum Gasteiger partial charge on any atom is 0.256 e. The minimum absolute atomic E-state index is 0.137. The van der Waals surface area contributed by atoms with Crippen LogP contribution in [0.4, 0.5) is 5.00 Å². The first-order chi connectivity index (χ1) is 19.1. The minimum Gasteiger partial charge on any atom is -0.345 e. The summed E-state index contributed by atoms with van der Waals surface area (Å²) >= 11 is 1.45. The third-order valence-corrected chi connectivity index (χ3v) is 10.6. The van der Waals surface area contributed by atoms with E-state index < -0.39 is 10.0 Å². The number of hydrogen-bond acceptors (Lipinski definition) is 6. The molecule has 2 aliphatic rings. The molecule has 10 heteroatoms. The van der Waals surface area contributed by atoms with E-state index in [2.05, 4.69) is 29.3 Å². The first-order valence-electron chi connectivity index (χ1n) is 13.7. The van der Waals surface area contributed by atoms with Crippen LogP contribution in [-0.4, -0.2) is 68.1 Å². The summed E-state index contributed by atoms with van der Waals surface area (Å²) in [5, 5.41) is 3.50. The molecule has 1 atom stereocenters. The van der Waals surface area contributed by atoms with E-state index in [1.807, 2.05) is 18.2 Å². The van der Waals surface area contributed by atoms with Gasteiger partial charge in [0.05, 0.1) is 10.5 Å². The van der Waals surface area contributed by atoms with Crippen molar-refractivity contribution in [2.45, 2.75) is 44.2 Å². The zero-order valence-corrected chi connectivity index (χ0v) is 24.9. The van der Waals surface area contributed by atoms with Gasteiger partial charge in [0.1, 0.15) is 5.00 Å². The van der Waals surface area contributed by atoms with Gasteiger partial charge in [-0.1, -0.05) is 37.3 Å². The number of amides is 2. The molecule has 3 aromatic rings. The van der Waals surface area contributed by atoms with Crippen LogP contribution in [0.25, 0.3) is 0 Å². The fourth-order valence-corrected chi connectivity index (χ4v) is 8.31. The molecule has 1 fully saturated rings. The number of sulfonamides is 1. The lowest BCUT2D eigenvalue weighted by Crippen LogP contribution is -2.39. The van der Waals surface area contributed by atoms with Crippen molar-refractivity contribution in [3.8, 4) is 0 Å². The number of nitrogens with one attached hydrogen (secondary N) is 1. The maximum absolute atomic E-state index is 13.3. The van der Waals surface area contributed by atoms with Gasteiger partial charge in [0.15, 0.2) is 0 Å². The van der Waals surface area contributed by atoms with Crippen molar-refractivity contribution in [3.63, 3.8) is 0 Å². The molecule has 2 aliphatic heterocycles. The summed E-state index contributed by atoms with van der Waals surface area (Å²) in [7, 11) is -0.179. The summed E-state index contributed by atoms with van der Waals surface area (Å²) in [4.78, 5) is 31.7. The molecule has 0 spiro atoms. The highest BCUT2D eigenvalue weighted by molar-refractivity contribution is 7.89. The monoisotopic (exact) mass is 580 g/mol. The van der Waals surface area contributed by atoms with E-state index in [1.54, 1.807) is 14.1 Å². The number of thiophene rings is 1. The van der Waals surface area contributed by atoms with Gasteiger partial charge in [0, 0.05) is 57.3 Å². The summed E-state index contributed by atoms with van der Waals surface area (Å²) in [5.41, 5.74) is 3.13. The van der Waals surface area contributed by atoms with Crippen LogP contribution < -0.4 is 5.32 Å². The van der Waals surface area contributed by atoms with Gasteiger partial charge >= 0.3 is 0 Å². The van der Waals surface area contributed by atoms with Gasteiger partial charge in [-0.05, 0) is 60.6 Å². The van der Waals surface area contributed by atoms with E-state index in [9.17, 15) is 18.0 Å². The van der Waals surface area contributed by atoms with Crippen LogP contribution in [0.5, 0.6) is 0 Å². The predicted molar refractivity (Wildman–Crippen MR) is 158 cm³/mol. The van der Waals surface area contributed by atoms with Crippen LogP contribution in [0.15, 0.2) is 59.5 Å². The van der Waals surface area contributed by atoms with Gasteiger partial charge in [-0.2, -0.15) is 4.31 Å². The average Bonchev–Trinajstić information content (AvgIpc) is 3.30.